The summed E-state index contributed by atoms with van der Waals surface area (Å²) >= 11 is 0. The fourth-order valence-corrected chi connectivity index (χ4v) is 1.55. The molecule has 2 N–H and O–H groups in total. The lowest BCUT2D eigenvalue weighted by molar-refractivity contribution is -0.131. The fraction of sp³-hybridized carbons (Fsp3) is 0.0588. The van der Waals surface area contributed by atoms with Gasteiger partial charge in [0.25, 0.3) is 0 Å². The van der Waals surface area contributed by atoms with Crippen molar-refractivity contribution < 1.29 is 19.8 Å². The molecule has 4 heteroatoms. The van der Waals surface area contributed by atoms with Gasteiger partial charge in [-0.15, -0.1) is 0 Å². The maximum atomic E-state index is 11.9. The molecule has 0 spiro atoms. The zero-order chi connectivity index (χ0) is 15.7. The molecule has 0 aliphatic rings. The van der Waals surface area contributed by atoms with E-state index in [9.17, 15) is 14.7 Å². The van der Waals surface area contributed by atoms with Gasteiger partial charge in [-0.1, -0.05) is 67.2 Å². The van der Waals surface area contributed by atoms with Gasteiger partial charge >= 0.3 is 5.97 Å². The van der Waals surface area contributed by atoms with Gasteiger partial charge < -0.3 is 10.2 Å². The minimum atomic E-state index is -1.08. The monoisotopic (exact) mass is 284 g/mol. The molecular formula is C17H16O4. The number of hydrogen-bond acceptors (Lipinski definition) is 3. The van der Waals surface area contributed by atoms with Crippen LogP contribution in [0.15, 0.2) is 73.3 Å². The zero-order valence-electron chi connectivity index (χ0n) is 11.3. The van der Waals surface area contributed by atoms with E-state index in [0.717, 1.165) is 6.08 Å². The van der Waals surface area contributed by atoms with E-state index >= 15 is 0 Å². The van der Waals surface area contributed by atoms with Crippen LogP contribution < -0.4 is 0 Å². The summed E-state index contributed by atoms with van der Waals surface area (Å²) in [5.41, 5.74) is 1.15. The molecular weight excluding hydrogens is 268 g/mol. The van der Waals surface area contributed by atoms with Crippen molar-refractivity contribution in [2.45, 2.75) is 6.10 Å². The first-order chi connectivity index (χ1) is 10.1. The topological polar surface area (TPSA) is 74.6 Å². The van der Waals surface area contributed by atoms with Crippen LogP contribution >= 0.6 is 0 Å². The number of benzene rings is 2. The van der Waals surface area contributed by atoms with Crippen LogP contribution in [0.2, 0.25) is 0 Å². The number of ketones is 1. The molecule has 2 aromatic rings. The highest BCUT2D eigenvalue weighted by Gasteiger charge is 2.18. The van der Waals surface area contributed by atoms with E-state index < -0.39 is 12.1 Å². The molecule has 0 aromatic heterocycles. The summed E-state index contributed by atoms with van der Waals surface area (Å²) in [4.78, 5) is 21.1. The Bertz CT molecular complexity index is 591. The van der Waals surface area contributed by atoms with Gasteiger partial charge in [-0.3, -0.25) is 4.79 Å². The highest BCUT2D eigenvalue weighted by atomic mass is 16.4. The minimum Gasteiger partial charge on any atom is -0.478 e. The lowest BCUT2D eigenvalue weighted by atomic mass is 10.0. The van der Waals surface area contributed by atoms with Crippen molar-refractivity contribution in [2.24, 2.45) is 0 Å². The number of rotatable bonds is 4. The maximum absolute atomic E-state index is 11.9. The maximum Gasteiger partial charge on any atom is 0.327 e. The largest absolute Gasteiger partial charge is 0.478 e. The molecule has 21 heavy (non-hydrogen) atoms. The Labute approximate surface area is 123 Å². The molecule has 4 nitrogen and oxygen atoms in total. The standard InChI is InChI=1S/C14H12O2.C3H4O2/c15-13(11-7-3-1-4-8-11)14(16)12-9-5-2-6-10-12;1-2-3(4)5/h1-10,13,15H;2H,1H2,(H,4,5). The molecule has 1 atom stereocenters. The highest BCUT2D eigenvalue weighted by molar-refractivity contribution is 5.99. The third-order valence-electron chi connectivity index (χ3n) is 2.60. The van der Waals surface area contributed by atoms with Crippen molar-refractivity contribution in [1.29, 1.82) is 0 Å². The smallest absolute Gasteiger partial charge is 0.327 e. The fourth-order valence-electron chi connectivity index (χ4n) is 1.55. The lowest BCUT2D eigenvalue weighted by Gasteiger charge is -2.09. The third kappa shape index (κ3) is 5.42. The lowest BCUT2D eigenvalue weighted by Crippen LogP contribution is -2.11. The summed E-state index contributed by atoms with van der Waals surface area (Å²) in [5.74, 6) is -1.25. The van der Waals surface area contributed by atoms with Crippen molar-refractivity contribution in [2.75, 3.05) is 0 Å². The quantitative estimate of drug-likeness (QED) is 0.668. The molecule has 0 saturated heterocycles. The van der Waals surface area contributed by atoms with Crippen LogP contribution in [0.4, 0.5) is 0 Å². The molecule has 0 heterocycles. The Kier molecular flexibility index (Phi) is 6.57. The number of carboxylic acids is 1. The summed E-state index contributed by atoms with van der Waals surface area (Å²) in [6.07, 6.45) is -0.247. The van der Waals surface area contributed by atoms with Crippen LogP contribution in [0.25, 0.3) is 0 Å². The van der Waals surface area contributed by atoms with Crippen LogP contribution in [0.3, 0.4) is 0 Å². The summed E-state index contributed by atoms with van der Waals surface area (Å²) in [7, 11) is 0. The van der Waals surface area contributed by atoms with E-state index in [4.69, 9.17) is 5.11 Å². The van der Waals surface area contributed by atoms with Gasteiger partial charge in [-0.05, 0) is 5.56 Å². The molecule has 0 bridgehead atoms. The van der Waals surface area contributed by atoms with E-state index in [1.165, 1.54) is 0 Å². The second-order valence-electron chi connectivity index (χ2n) is 4.09. The first kappa shape index (κ1) is 16.3. The molecule has 2 rings (SSSR count). The number of carbonyl (C=O) groups excluding carboxylic acids is 1. The Morgan fingerprint density at radius 2 is 1.38 bits per heavy atom. The molecule has 0 aliphatic carbocycles. The zero-order valence-corrected chi connectivity index (χ0v) is 11.3. The first-order valence-corrected chi connectivity index (χ1v) is 6.24. The highest BCUT2D eigenvalue weighted by Crippen LogP contribution is 2.17. The minimum absolute atomic E-state index is 0.271. The molecule has 0 aliphatic heterocycles. The number of hydrogen-bond donors (Lipinski definition) is 2. The SMILES string of the molecule is C=CC(=O)O.O=C(c1ccccc1)C(O)c1ccccc1. The van der Waals surface area contributed by atoms with E-state index in [2.05, 4.69) is 6.58 Å². The van der Waals surface area contributed by atoms with E-state index in [1.807, 2.05) is 12.1 Å². The summed E-state index contributed by atoms with van der Waals surface area (Å²) in [5, 5.41) is 17.5. The van der Waals surface area contributed by atoms with Crippen LogP contribution in [-0.4, -0.2) is 22.0 Å². The number of aliphatic hydroxyl groups excluding tert-OH is 1. The Hall–Kier alpha value is -2.72. The Balaban J connectivity index is 0.000000383. The van der Waals surface area contributed by atoms with Gasteiger partial charge in [-0.2, -0.15) is 0 Å². The molecule has 0 fully saturated rings. The number of carboxylic acid groups (broad SMARTS) is 1. The predicted molar refractivity (Wildman–Crippen MR) is 80.0 cm³/mol. The average Bonchev–Trinajstić information content (AvgIpc) is 2.55. The van der Waals surface area contributed by atoms with E-state index in [-0.39, 0.29) is 5.78 Å². The second kappa shape index (κ2) is 8.45. The predicted octanol–water partition coefficient (Wildman–Crippen LogP) is 2.86. The molecule has 108 valence electrons. The molecule has 2 aromatic carbocycles. The van der Waals surface area contributed by atoms with Crippen LogP contribution in [-0.2, 0) is 4.79 Å². The van der Waals surface area contributed by atoms with Gasteiger partial charge in [0.15, 0.2) is 5.78 Å². The van der Waals surface area contributed by atoms with Gasteiger partial charge in [0.2, 0.25) is 0 Å². The van der Waals surface area contributed by atoms with Crippen molar-refractivity contribution in [3.05, 3.63) is 84.4 Å². The summed E-state index contributed by atoms with van der Waals surface area (Å²) in [6, 6.07) is 17.7. The van der Waals surface area contributed by atoms with Crippen molar-refractivity contribution in [3.8, 4) is 0 Å². The van der Waals surface area contributed by atoms with Crippen molar-refractivity contribution in [1.82, 2.24) is 0 Å². The number of aliphatic hydroxyl groups is 1. The number of aliphatic carboxylic acids is 1. The van der Waals surface area contributed by atoms with Crippen molar-refractivity contribution >= 4 is 11.8 Å². The summed E-state index contributed by atoms with van der Waals surface area (Å²) in [6.45, 7) is 2.96. The van der Waals surface area contributed by atoms with Crippen molar-refractivity contribution in [3.63, 3.8) is 0 Å². The van der Waals surface area contributed by atoms with Gasteiger partial charge in [0, 0.05) is 11.6 Å². The molecule has 0 radical (unpaired) electrons. The van der Waals surface area contributed by atoms with E-state index in [1.54, 1.807) is 48.5 Å². The van der Waals surface area contributed by atoms with Gasteiger partial charge in [-0.25, -0.2) is 4.79 Å². The molecule has 0 saturated carbocycles. The summed E-state index contributed by atoms with van der Waals surface area (Å²) < 4.78 is 0. The molecule has 0 amide bonds. The van der Waals surface area contributed by atoms with E-state index in [0.29, 0.717) is 11.1 Å². The van der Waals surface area contributed by atoms with Gasteiger partial charge in [0.05, 0.1) is 0 Å². The second-order valence-corrected chi connectivity index (χ2v) is 4.09. The Morgan fingerprint density at radius 3 is 1.81 bits per heavy atom. The number of Topliss-reactive ketones (excluding diaryl/α,β-unsaturated/α-hetero) is 1. The van der Waals surface area contributed by atoms with Gasteiger partial charge in [0.1, 0.15) is 6.10 Å². The Morgan fingerprint density at radius 1 is 0.952 bits per heavy atom. The molecule has 1 unspecified atom stereocenters. The average molecular weight is 284 g/mol. The van der Waals surface area contributed by atoms with Crippen LogP contribution in [0.5, 0.6) is 0 Å². The first-order valence-electron chi connectivity index (χ1n) is 6.24. The third-order valence-corrected chi connectivity index (χ3v) is 2.60. The van der Waals surface area contributed by atoms with Crippen LogP contribution in [0.1, 0.15) is 22.0 Å². The normalized spacial score (nSPS) is 10.7. The number of carbonyl (C=O) groups is 2. The van der Waals surface area contributed by atoms with Crippen LogP contribution in [0, 0.1) is 0 Å².